The molecule has 0 unspecified atom stereocenters. The molecule has 2 heterocycles. The molecule has 0 radical (unpaired) electrons. The van der Waals surface area contributed by atoms with E-state index in [9.17, 15) is 14.4 Å². The first-order valence-electron chi connectivity index (χ1n) is 7.48. The lowest BCUT2D eigenvalue weighted by Crippen LogP contribution is -2.32. The topological polar surface area (TPSA) is 76.8 Å². The SMILES string of the molecule is O=C(ON1C(=O)c2ccccc2C1=O)c1cccc(-c2ccoc2)c1. The monoisotopic (exact) mass is 333 g/mol. The van der Waals surface area contributed by atoms with Crippen molar-refractivity contribution in [3.63, 3.8) is 0 Å². The van der Waals surface area contributed by atoms with E-state index in [1.165, 1.54) is 18.4 Å². The Hall–Kier alpha value is -3.67. The fraction of sp³-hybridized carbons (Fsp3) is 0. The van der Waals surface area contributed by atoms with Crippen LogP contribution in [0.2, 0.25) is 0 Å². The summed E-state index contributed by atoms with van der Waals surface area (Å²) in [5, 5.41) is 0.498. The number of amides is 2. The molecule has 25 heavy (non-hydrogen) atoms. The lowest BCUT2D eigenvalue weighted by molar-refractivity contribution is -0.0584. The highest BCUT2D eigenvalue weighted by Crippen LogP contribution is 2.25. The molecule has 0 N–H and O–H groups in total. The van der Waals surface area contributed by atoms with Crippen molar-refractivity contribution < 1.29 is 23.6 Å². The van der Waals surface area contributed by atoms with Crippen LogP contribution in [0.15, 0.2) is 71.5 Å². The second-order valence-electron chi connectivity index (χ2n) is 5.42. The molecular weight excluding hydrogens is 322 g/mol. The van der Waals surface area contributed by atoms with Crippen molar-refractivity contribution in [2.75, 3.05) is 0 Å². The number of hydrogen-bond acceptors (Lipinski definition) is 5. The van der Waals surface area contributed by atoms with Gasteiger partial charge >= 0.3 is 5.97 Å². The number of nitrogens with zero attached hydrogens (tertiary/aromatic N) is 1. The van der Waals surface area contributed by atoms with Gasteiger partial charge in [-0.25, -0.2) is 4.79 Å². The van der Waals surface area contributed by atoms with Gasteiger partial charge in [0.25, 0.3) is 11.8 Å². The first-order valence-corrected chi connectivity index (χ1v) is 7.48. The van der Waals surface area contributed by atoms with Crippen LogP contribution in [0.5, 0.6) is 0 Å². The summed E-state index contributed by atoms with van der Waals surface area (Å²) in [6, 6.07) is 14.7. The minimum absolute atomic E-state index is 0.215. The van der Waals surface area contributed by atoms with Gasteiger partial charge < -0.3 is 9.25 Å². The number of fused-ring (bicyclic) bond motifs is 1. The third kappa shape index (κ3) is 2.49. The number of carbonyl (C=O) groups excluding carboxylic acids is 3. The second kappa shape index (κ2) is 5.76. The summed E-state index contributed by atoms with van der Waals surface area (Å²) in [5.41, 5.74) is 2.20. The quantitative estimate of drug-likeness (QED) is 0.687. The Morgan fingerprint density at radius 1 is 0.880 bits per heavy atom. The molecule has 122 valence electrons. The summed E-state index contributed by atoms with van der Waals surface area (Å²) in [5.74, 6) is -2.10. The van der Waals surface area contributed by atoms with Gasteiger partial charge in [0, 0.05) is 5.56 Å². The molecule has 0 spiro atoms. The van der Waals surface area contributed by atoms with Crippen molar-refractivity contribution in [1.29, 1.82) is 0 Å². The van der Waals surface area contributed by atoms with Crippen LogP contribution in [0.1, 0.15) is 31.1 Å². The van der Waals surface area contributed by atoms with Crippen molar-refractivity contribution >= 4 is 17.8 Å². The minimum atomic E-state index is -0.792. The normalized spacial score (nSPS) is 13.0. The fourth-order valence-electron chi connectivity index (χ4n) is 2.64. The predicted octanol–water partition coefficient (Wildman–Crippen LogP) is 3.31. The highest BCUT2D eigenvalue weighted by Gasteiger charge is 2.38. The zero-order valence-electron chi connectivity index (χ0n) is 12.8. The van der Waals surface area contributed by atoms with E-state index < -0.39 is 17.8 Å². The maximum Gasteiger partial charge on any atom is 0.363 e. The molecule has 2 amide bonds. The molecule has 0 atom stereocenters. The summed E-state index contributed by atoms with van der Waals surface area (Å²) in [6.07, 6.45) is 3.08. The summed E-state index contributed by atoms with van der Waals surface area (Å²) < 4.78 is 5.03. The summed E-state index contributed by atoms with van der Waals surface area (Å²) >= 11 is 0. The van der Waals surface area contributed by atoms with Crippen LogP contribution in [0.25, 0.3) is 11.1 Å². The van der Waals surface area contributed by atoms with Crippen molar-refractivity contribution in [2.45, 2.75) is 0 Å². The van der Waals surface area contributed by atoms with Crippen LogP contribution in [-0.4, -0.2) is 22.8 Å². The third-order valence-corrected chi connectivity index (χ3v) is 3.88. The predicted molar refractivity (Wildman–Crippen MR) is 86.5 cm³/mol. The molecule has 1 aromatic heterocycles. The molecule has 0 aliphatic carbocycles. The van der Waals surface area contributed by atoms with Crippen LogP contribution in [0.3, 0.4) is 0 Å². The Morgan fingerprint density at radius 3 is 2.24 bits per heavy atom. The van der Waals surface area contributed by atoms with Crippen LogP contribution in [-0.2, 0) is 4.84 Å². The summed E-state index contributed by atoms with van der Waals surface area (Å²) in [6.45, 7) is 0. The molecule has 1 aliphatic heterocycles. The molecule has 0 saturated heterocycles. The number of benzene rings is 2. The molecule has 4 rings (SSSR count). The van der Waals surface area contributed by atoms with E-state index in [0.29, 0.717) is 5.06 Å². The van der Waals surface area contributed by atoms with E-state index in [0.717, 1.165) is 11.1 Å². The smallest absolute Gasteiger partial charge is 0.363 e. The zero-order chi connectivity index (χ0) is 17.4. The average molecular weight is 333 g/mol. The van der Waals surface area contributed by atoms with Crippen LogP contribution in [0, 0.1) is 0 Å². The van der Waals surface area contributed by atoms with E-state index >= 15 is 0 Å². The van der Waals surface area contributed by atoms with Crippen LogP contribution < -0.4 is 0 Å². The average Bonchev–Trinajstić information content (AvgIpc) is 3.26. The van der Waals surface area contributed by atoms with Gasteiger partial charge in [0.15, 0.2) is 0 Å². The molecule has 6 nitrogen and oxygen atoms in total. The molecule has 0 bridgehead atoms. The highest BCUT2D eigenvalue weighted by molar-refractivity contribution is 6.21. The minimum Gasteiger partial charge on any atom is -0.472 e. The Bertz CT molecular complexity index is 956. The number of carbonyl (C=O) groups is 3. The van der Waals surface area contributed by atoms with Gasteiger partial charge in [-0.3, -0.25) is 9.59 Å². The first kappa shape index (κ1) is 14.9. The van der Waals surface area contributed by atoms with Gasteiger partial charge in [-0.1, -0.05) is 29.3 Å². The third-order valence-electron chi connectivity index (χ3n) is 3.88. The number of hydroxylamine groups is 2. The van der Waals surface area contributed by atoms with E-state index in [1.807, 2.05) is 6.07 Å². The van der Waals surface area contributed by atoms with Gasteiger partial charge in [-0.15, -0.1) is 0 Å². The van der Waals surface area contributed by atoms with Crippen molar-refractivity contribution in [3.8, 4) is 11.1 Å². The number of rotatable bonds is 3. The summed E-state index contributed by atoms with van der Waals surface area (Å²) in [7, 11) is 0. The molecule has 1 aliphatic rings. The fourth-order valence-corrected chi connectivity index (χ4v) is 2.64. The summed E-state index contributed by atoms with van der Waals surface area (Å²) in [4.78, 5) is 41.9. The Labute approximate surface area is 142 Å². The van der Waals surface area contributed by atoms with Crippen molar-refractivity contribution in [1.82, 2.24) is 5.06 Å². The second-order valence-corrected chi connectivity index (χ2v) is 5.42. The number of furan rings is 1. The molecule has 3 aromatic rings. The van der Waals surface area contributed by atoms with E-state index in [-0.39, 0.29) is 16.7 Å². The van der Waals surface area contributed by atoms with E-state index in [4.69, 9.17) is 9.25 Å². The van der Waals surface area contributed by atoms with Gasteiger partial charge in [-0.2, -0.15) is 0 Å². The Kier molecular flexibility index (Phi) is 3.43. The molecule has 0 saturated carbocycles. The van der Waals surface area contributed by atoms with Gasteiger partial charge in [-0.05, 0) is 35.9 Å². The van der Waals surface area contributed by atoms with Gasteiger partial charge in [0.2, 0.25) is 0 Å². The van der Waals surface area contributed by atoms with Crippen molar-refractivity contribution in [2.24, 2.45) is 0 Å². The highest BCUT2D eigenvalue weighted by atomic mass is 16.7. The van der Waals surface area contributed by atoms with Gasteiger partial charge in [0.05, 0.1) is 29.2 Å². The van der Waals surface area contributed by atoms with E-state index in [1.54, 1.807) is 42.7 Å². The first-order chi connectivity index (χ1) is 12.1. The van der Waals surface area contributed by atoms with Crippen LogP contribution in [0.4, 0.5) is 0 Å². The molecule has 2 aromatic carbocycles. The molecule has 0 fully saturated rings. The molecular formula is C19H11NO5. The Balaban J connectivity index is 1.58. The maximum absolute atomic E-state index is 12.4. The lowest BCUT2D eigenvalue weighted by atomic mass is 10.1. The van der Waals surface area contributed by atoms with E-state index in [2.05, 4.69) is 0 Å². The standard InChI is InChI=1S/C19H11NO5/c21-17-15-6-1-2-7-16(15)18(22)20(17)25-19(23)13-5-3-4-12(10-13)14-8-9-24-11-14/h1-11H. The number of imide groups is 1. The zero-order valence-corrected chi connectivity index (χ0v) is 12.8. The van der Waals surface area contributed by atoms with Gasteiger partial charge in [0.1, 0.15) is 0 Å². The van der Waals surface area contributed by atoms with Crippen molar-refractivity contribution in [3.05, 3.63) is 83.8 Å². The van der Waals surface area contributed by atoms with Crippen LogP contribution >= 0.6 is 0 Å². The lowest BCUT2D eigenvalue weighted by Gasteiger charge is -2.13. The molecule has 6 heteroatoms. The number of hydrogen-bond donors (Lipinski definition) is 0. The Morgan fingerprint density at radius 2 is 1.60 bits per heavy atom. The maximum atomic E-state index is 12.4. The largest absolute Gasteiger partial charge is 0.472 e.